The van der Waals surface area contributed by atoms with E-state index in [0.717, 1.165) is 18.8 Å². The number of hydrogen-bond donors (Lipinski definition) is 0. The zero-order valence-electron chi connectivity index (χ0n) is 12.0. The third-order valence-corrected chi connectivity index (χ3v) is 4.73. The lowest BCUT2D eigenvalue weighted by molar-refractivity contribution is 0.503. The number of rotatable bonds is 2. The van der Waals surface area contributed by atoms with Crippen molar-refractivity contribution in [1.82, 2.24) is 0 Å². The summed E-state index contributed by atoms with van der Waals surface area (Å²) in [5, 5.41) is 0.179. The van der Waals surface area contributed by atoms with Gasteiger partial charge in [0.05, 0.1) is 5.38 Å². The van der Waals surface area contributed by atoms with Gasteiger partial charge in [-0.25, -0.2) is 0 Å². The van der Waals surface area contributed by atoms with Crippen molar-refractivity contribution in [2.24, 2.45) is 5.92 Å². The third-order valence-electron chi connectivity index (χ3n) is 4.31. The minimum atomic E-state index is 0.179. The fourth-order valence-electron chi connectivity index (χ4n) is 3.11. The molecule has 2 atom stereocenters. The Hall–Kier alpha value is -1.27. The first-order valence-electron chi connectivity index (χ1n) is 7.52. The van der Waals surface area contributed by atoms with E-state index >= 15 is 0 Å². The van der Waals surface area contributed by atoms with Gasteiger partial charge in [-0.05, 0) is 53.9 Å². The highest BCUT2D eigenvalue weighted by Crippen LogP contribution is 2.36. The van der Waals surface area contributed by atoms with Crippen LogP contribution in [-0.4, -0.2) is 0 Å². The van der Waals surface area contributed by atoms with E-state index in [4.69, 9.17) is 11.6 Å². The summed E-state index contributed by atoms with van der Waals surface area (Å²) in [6, 6.07) is 17.5. The molecule has 0 bridgehead atoms. The van der Waals surface area contributed by atoms with Crippen molar-refractivity contribution in [2.75, 3.05) is 0 Å². The normalized spacial score (nSPS) is 22.1. The first kappa shape index (κ1) is 13.7. The van der Waals surface area contributed by atoms with E-state index in [1.807, 2.05) is 0 Å². The quantitative estimate of drug-likeness (QED) is 0.502. The van der Waals surface area contributed by atoms with E-state index < -0.39 is 0 Å². The van der Waals surface area contributed by atoms with Gasteiger partial charge in [-0.3, -0.25) is 0 Å². The van der Waals surface area contributed by atoms with E-state index in [1.165, 1.54) is 35.1 Å². The van der Waals surface area contributed by atoms with Crippen LogP contribution in [0.1, 0.15) is 47.4 Å². The molecule has 0 spiro atoms. The summed E-state index contributed by atoms with van der Waals surface area (Å²) in [6.07, 6.45) is 4.52. The monoisotopic (exact) mass is 284 g/mol. The van der Waals surface area contributed by atoms with Gasteiger partial charge in [0.2, 0.25) is 0 Å². The molecule has 0 saturated carbocycles. The molecule has 0 nitrogen and oxygen atoms in total. The van der Waals surface area contributed by atoms with E-state index in [2.05, 4.69) is 55.5 Å². The number of alkyl halides is 1. The van der Waals surface area contributed by atoms with Crippen LogP contribution >= 0.6 is 11.6 Å². The van der Waals surface area contributed by atoms with Crippen molar-refractivity contribution in [2.45, 2.75) is 38.0 Å². The van der Waals surface area contributed by atoms with Crippen molar-refractivity contribution in [3.63, 3.8) is 0 Å². The summed E-state index contributed by atoms with van der Waals surface area (Å²) in [5.41, 5.74) is 5.55. The molecule has 0 fully saturated rings. The van der Waals surface area contributed by atoms with Crippen LogP contribution in [0.3, 0.4) is 0 Å². The fraction of sp³-hybridized carbons (Fsp3) is 0.368. The Morgan fingerprint density at radius 2 is 1.85 bits per heavy atom. The van der Waals surface area contributed by atoms with Crippen LogP contribution in [0, 0.1) is 5.92 Å². The topological polar surface area (TPSA) is 0 Å². The molecule has 0 aliphatic heterocycles. The van der Waals surface area contributed by atoms with E-state index in [-0.39, 0.29) is 5.38 Å². The molecule has 2 aromatic carbocycles. The molecule has 2 unspecified atom stereocenters. The molecule has 0 radical (unpaired) electrons. The highest BCUT2D eigenvalue weighted by atomic mass is 35.5. The molecule has 0 heterocycles. The summed E-state index contributed by atoms with van der Waals surface area (Å²) in [6.45, 7) is 2.31. The lowest BCUT2D eigenvalue weighted by Crippen LogP contribution is -1.98. The second kappa shape index (κ2) is 6.01. The van der Waals surface area contributed by atoms with Crippen molar-refractivity contribution in [3.05, 3.63) is 70.8 Å². The summed E-state index contributed by atoms with van der Waals surface area (Å²) in [4.78, 5) is 0. The molecule has 0 N–H and O–H groups in total. The molecule has 1 aliphatic carbocycles. The molecule has 1 heteroatoms. The molecule has 20 heavy (non-hydrogen) atoms. The Labute approximate surface area is 126 Å². The molecule has 3 rings (SSSR count). The predicted octanol–water partition coefficient (Wildman–Crippen LogP) is 5.53. The zero-order chi connectivity index (χ0) is 13.9. The fourth-order valence-corrected chi connectivity index (χ4v) is 3.61. The lowest BCUT2D eigenvalue weighted by atomic mass is 9.96. The predicted molar refractivity (Wildman–Crippen MR) is 86.4 cm³/mol. The lowest BCUT2D eigenvalue weighted by Gasteiger charge is -2.14. The van der Waals surface area contributed by atoms with Gasteiger partial charge < -0.3 is 0 Å². The van der Waals surface area contributed by atoms with E-state index in [9.17, 15) is 0 Å². The van der Waals surface area contributed by atoms with Gasteiger partial charge >= 0.3 is 0 Å². The van der Waals surface area contributed by atoms with E-state index in [1.54, 1.807) is 0 Å². The second-order valence-electron chi connectivity index (χ2n) is 6.04. The highest BCUT2D eigenvalue weighted by Gasteiger charge is 2.20. The number of fused-ring (bicyclic) bond motifs is 1. The maximum absolute atomic E-state index is 6.62. The van der Waals surface area contributed by atoms with Gasteiger partial charge in [-0.1, -0.05) is 55.5 Å². The Bertz CT molecular complexity index is 574. The van der Waals surface area contributed by atoms with Crippen LogP contribution in [0.15, 0.2) is 48.5 Å². The molecule has 0 saturated heterocycles. The Kier molecular flexibility index (Phi) is 4.12. The van der Waals surface area contributed by atoms with Crippen molar-refractivity contribution in [3.8, 4) is 0 Å². The van der Waals surface area contributed by atoms with Crippen LogP contribution in [0.25, 0.3) is 0 Å². The Morgan fingerprint density at radius 1 is 1.05 bits per heavy atom. The van der Waals surface area contributed by atoms with Crippen molar-refractivity contribution >= 4 is 11.6 Å². The minimum Gasteiger partial charge on any atom is -0.118 e. The highest BCUT2D eigenvalue weighted by molar-refractivity contribution is 6.21. The number of aryl methyl sites for hydroxylation is 1. The van der Waals surface area contributed by atoms with Crippen molar-refractivity contribution in [1.29, 1.82) is 0 Å². The molecular weight excluding hydrogens is 264 g/mol. The first-order chi connectivity index (χ1) is 9.72. The largest absolute Gasteiger partial charge is 0.118 e. The average molecular weight is 285 g/mol. The maximum atomic E-state index is 6.62. The third kappa shape index (κ3) is 3.07. The molecule has 2 aromatic rings. The zero-order valence-corrected chi connectivity index (χ0v) is 12.7. The summed E-state index contributed by atoms with van der Waals surface area (Å²) in [5.74, 6) is 0.725. The summed E-state index contributed by atoms with van der Waals surface area (Å²) < 4.78 is 0. The maximum Gasteiger partial charge on any atom is 0.0590 e. The Morgan fingerprint density at radius 3 is 2.65 bits per heavy atom. The van der Waals surface area contributed by atoms with Crippen LogP contribution in [0.5, 0.6) is 0 Å². The van der Waals surface area contributed by atoms with Gasteiger partial charge in [0.1, 0.15) is 0 Å². The van der Waals surface area contributed by atoms with Gasteiger partial charge in [0.15, 0.2) is 0 Å². The summed E-state index contributed by atoms with van der Waals surface area (Å²) in [7, 11) is 0. The second-order valence-corrected chi connectivity index (χ2v) is 6.57. The summed E-state index contributed by atoms with van der Waals surface area (Å²) >= 11 is 6.62. The SMILES string of the molecule is CC1CCc2ccc(Cc3ccccc3)cc2C(Cl)C1. The van der Waals surface area contributed by atoms with Crippen LogP contribution in [-0.2, 0) is 12.8 Å². The molecule has 1 aliphatic rings. The molecule has 0 amide bonds. The van der Waals surface area contributed by atoms with Crippen LogP contribution < -0.4 is 0 Å². The van der Waals surface area contributed by atoms with Crippen LogP contribution in [0.2, 0.25) is 0 Å². The molecular formula is C19H21Cl. The number of hydrogen-bond acceptors (Lipinski definition) is 0. The average Bonchev–Trinajstić information content (AvgIpc) is 2.59. The van der Waals surface area contributed by atoms with Crippen molar-refractivity contribution < 1.29 is 0 Å². The minimum absolute atomic E-state index is 0.179. The molecule has 0 aromatic heterocycles. The van der Waals surface area contributed by atoms with Gasteiger partial charge in [0, 0.05) is 0 Å². The van der Waals surface area contributed by atoms with Gasteiger partial charge in [-0.15, -0.1) is 11.6 Å². The van der Waals surface area contributed by atoms with Crippen LogP contribution in [0.4, 0.5) is 0 Å². The van der Waals surface area contributed by atoms with Gasteiger partial charge in [0.25, 0.3) is 0 Å². The number of halogens is 1. The standard InChI is InChI=1S/C19H21Cl/c1-14-7-9-17-10-8-16(13-18(17)19(20)11-14)12-15-5-3-2-4-6-15/h2-6,8,10,13-14,19H,7,9,11-12H2,1H3. The Balaban J connectivity index is 1.87. The van der Waals surface area contributed by atoms with Gasteiger partial charge in [-0.2, -0.15) is 0 Å². The van der Waals surface area contributed by atoms with E-state index in [0.29, 0.717) is 0 Å². The molecule has 104 valence electrons. The number of benzene rings is 2. The smallest absolute Gasteiger partial charge is 0.0590 e. The first-order valence-corrected chi connectivity index (χ1v) is 7.95.